The number of hydrogen-bond donors (Lipinski definition) is 0. The predicted octanol–water partition coefficient (Wildman–Crippen LogP) is 1.70. The molecular weight excluding hydrogens is 480 g/mol. The number of carbonyl (C=O) groups is 4. The first-order valence-corrected chi connectivity index (χ1v) is 12.6. The Hall–Kier alpha value is -3.34. The molecule has 3 aliphatic rings. The number of piperazine rings is 1. The van der Waals surface area contributed by atoms with Crippen molar-refractivity contribution in [1.82, 2.24) is 19.6 Å². The second-order valence-electron chi connectivity index (χ2n) is 10.7. The number of methoxy groups -OCH3 is 1. The zero-order valence-corrected chi connectivity index (χ0v) is 21.9. The topological polar surface area (TPSA) is 109 Å². The summed E-state index contributed by atoms with van der Waals surface area (Å²) in [6, 6.07) is 8.18. The minimum absolute atomic E-state index is 0.0787. The molecule has 3 amide bonds. The molecule has 0 bridgehead atoms. The summed E-state index contributed by atoms with van der Waals surface area (Å²) >= 11 is 0. The molecule has 3 atom stereocenters. The molecule has 0 N–H and O–H groups in total. The highest BCUT2D eigenvalue weighted by atomic mass is 16.6. The summed E-state index contributed by atoms with van der Waals surface area (Å²) in [5.41, 5.74) is 0.281. The molecule has 11 heteroatoms. The van der Waals surface area contributed by atoms with Crippen molar-refractivity contribution < 1.29 is 33.4 Å². The number of likely N-dealkylation sites (tertiary alicyclic amines) is 1. The van der Waals surface area contributed by atoms with Crippen molar-refractivity contribution >= 4 is 24.1 Å². The predicted molar refractivity (Wildman–Crippen MR) is 132 cm³/mol. The van der Waals surface area contributed by atoms with Crippen LogP contribution in [0.25, 0.3) is 0 Å². The Kier molecular flexibility index (Phi) is 7.91. The lowest BCUT2D eigenvalue weighted by Gasteiger charge is -2.37. The van der Waals surface area contributed by atoms with Gasteiger partial charge in [0.2, 0.25) is 0 Å². The molecule has 0 aromatic heterocycles. The molecule has 4 rings (SSSR count). The number of urea groups is 1. The summed E-state index contributed by atoms with van der Waals surface area (Å²) < 4.78 is 15.9. The number of nitrogens with zero attached hydrogens (tertiary/aromatic N) is 4. The maximum absolute atomic E-state index is 13.3. The van der Waals surface area contributed by atoms with E-state index in [2.05, 4.69) is 0 Å². The van der Waals surface area contributed by atoms with Crippen LogP contribution in [0.5, 0.6) is 0 Å². The molecule has 37 heavy (non-hydrogen) atoms. The van der Waals surface area contributed by atoms with Crippen LogP contribution < -0.4 is 0 Å². The maximum Gasteiger partial charge on any atom is 0.410 e. The van der Waals surface area contributed by atoms with E-state index in [1.54, 1.807) is 19.6 Å². The summed E-state index contributed by atoms with van der Waals surface area (Å²) in [7, 11) is 1.31. The Bertz CT molecular complexity index is 1010. The first-order valence-electron chi connectivity index (χ1n) is 12.6. The first-order chi connectivity index (χ1) is 17.6. The molecule has 3 fully saturated rings. The van der Waals surface area contributed by atoms with Crippen molar-refractivity contribution in [3.63, 3.8) is 0 Å². The van der Waals surface area contributed by atoms with E-state index in [1.807, 2.05) is 51.1 Å². The molecule has 3 heterocycles. The van der Waals surface area contributed by atoms with Crippen molar-refractivity contribution in [2.24, 2.45) is 0 Å². The van der Waals surface area contributed by atoms with Crippen LogP contribution in [0.15, 0.2) is 30.3 Å². The zero-order chi connectivity index (χ0) is 26.7. The fourth-order valence-electron chi connectivity index (χ4n) is 5.14. The van der Waals surface area contributed by atoms with Gasteiger partial charge >= 0.3 is 24.1 Å². The lowest BCUT2D eigenvalue weighted by atomic mass is 10.1. The van der Waals surface area contributed by atoms with E-state index in [9.17, 15) is 19.2 Å². The van der Waals surface area contributed by atoms with Crippen molar-refractivity contribution in [3.05, 3.63) is 35.9 Å². The minimum atomic E-state index is -0.650. The second-order valence-corrected chi connectivity index (χ2v) is 10.7. The summed E-state index contributed by atoms with van der Waals surface area (Å²) in [4.78, 5) is 57.8. The molecule has 0 radical (unpaired) electrons. The third kappa shape index (κ3) is 6.33. The standard InChI is InChI=1S/C26H36N4O7/c1-26(2,3)37-25(34)27-10-11-29-20(14-27)15-30(24(29)33)19-12-21(23(32)35-4)28(13-19)16-22(31)36-17-18-8-6-5-7-9-18/h5-9,19-21H,10-17H2,1-4H3/t19-,20-,21-/m0/s1. The van der Waals surface area contributed by atoms with Crippen molar-refractivity contribution in [3.8, 4) is 0 Å². The average molecular weight is 517 g/mol. The van der Waals surface area contributed by atoms with Gasteiger partial charge in [-0.3, -0.25) is 14.5 Å². The highest BCUT2D eigenvalue weighted by Gasteiger charge is 2.49. The van der Waals surface area contributed by atoms with Gasteiger partial charge in [-0.2, -0.15) is 0 Å². The molecule has 1 aromatic carbocycles. The Morgan fingerprint density at radius 3 is 2.38 bits per heavy atom. The van der Waals surface area contributed by atoms with E-state index in [4.69, 9.17) is 14.2 Å². The molecule has 0 saturated carbocycles. The van der Waals surface area contributed by atoms with E-state index >= 15 is 0 Å². The van der Waals surface area contributed by atoms with E-state index < -0.39 is 23.6 Å². The number of carbonyl (C=O) groups excluding carboxylic acids is 4. The Morgan fingerprint density at radius 2 is 1.70 bits per heavy atom. The van der Waals surface area contributed by atoms with Gasteiger partial charge in [0.15, 0.2) is 0 Å². The van der Waals surface area contributed by atoms with Crippen molar-refractivity contribution in [2.45, 2.75) is 57.5 Å². The van der Waals surface area contributed by atoms with Gasteiger partial charge in [-0.25, -0.2) is 9.59 Å². The number of ether oxygens (including phenoxy) is 3. The molecular formula is C26H36N4O7. The number of rotatable bonds is 6. The van der Waals surface area contributed by atoms with Gasteiger partial charge < -0.3 is 28.9 Å². The second kappa shape index (κ2) is 11.0. The van der Waals surface area contributed by atoms with Crippen LogP contribution in [-0.2, 0) is 30.4 Å². The van der Waals surface area contributed by atoms with Crippen LogP contribution in [0.1, 0.15) is 32.8 Å². The van der Waals surface area contributed by atoms with Crippen LogP contribution in [-0.4, -0.2) is 114 Å². The molecule has 0 unspecified atom stereocenters. The third-order valence-electron chi connectivity index (χ3n) is 6.90. The Labute approximate surface area is 217 Å². The van der Waals surface area contributed by atoms with E-state index in [1.165, 1.54) is 7.11 Å². The molecule has 0 aliphatic carbocycles. The maximum atomic E-state index is 13.3. The smallest absolute Gasteiger partial charge is 0.410 e. The average Bonchev–Trinajstić information content (AvgIpc) is 3.42. The fraction of sp³-hybridized carbons (Fsp3) is 0.615. The van der Waals surface area contributed by atoms with Crippen molar-refractivity contribution in [2.75, 3.05) is 46.4 Å². The number of fused-ring (bicyclic) bond motifs is 1. The lowest BCUT2D eigenvalue weighted by molar-refractivity contribution is -0.150. The first kappa shape index (κ1) is 26.7. The SMILES string of the molecule is COC(=O)[C@@H]1C[C@H](N2C[C@@H]3CN(C(=O)OC(C)(C)C)CCN3C2=O)CN1CC(=O)OCc1ccccc1. The van der Waals surface area contributed by atoms with Gasteiger partial charge in [-0.1, -0.05) is 30.3 Å². The highest BCUT2D eigenvalue weighted by molar-refractivity contribution is 5.81. The highest BCUT2D eigenvalue weighted by Crippen LogP contribution is 2.30. The zero-order valence-electron chi connectivity index (χ0n) is 21.9. The van der Waals surface area contributed by atoms with Crippen molar-refractivity contribution in [1.29, 1.82) is 0 Å². The fourth-order valence-corrected chi connectivity index (χ4v) is 5.14. The van der Waals surface area contributed by atoms with Crippen LogP contribution in [0.3, 0.4) is 0 Å². The van der Waals surface area contributed by atoms with E-state index in [0.717, 1.165) is 5.56 Å². The minimum Gasteiger partial charge on any atom is -0.468 e. The van der Waals surface area contributed by atoms with Gasteiger partial charge in [-0.05, 0) is 32.8 Å². The van der Waals surface area contributed by atoms with Gasteiger partial charge in [0, 0.05) is 38.8 Å². The third-order valence-corrected chi connectivity index (χ3v) is 6.90. The number of esters is 2. The van der Waals surface area contributed by atoms with Crippen LogP contribution >= 0.6 is 0 Å². The summed E-state index contributed by atoms with van der Waals surface area (Å²) in [6.45, 7) is 7.53. The summed E-state index contributed by atoms with van der Waals surface area (Å²) in [6.07, 6.45) is -0.0226. The van der Waals surface area contributed by atoms with Gasteiger partial charge in [0.25, 0.3) is 0 Å². The number of benzene rings is 1. The van der Waals surface area contributed by atoms with Gasteiger partial charge in [-0.15, -0.1) is 0 Å². The summed E-state index contributed by atoms with van der Waals surface area (Å²) in [5.74, 6) is -0.893. The van der Waals surface area contributed by atoms with E-state index in [0.29, 0.717) is 39.1 Å². The summed E-state index contributed by atoms with van der Waals surface area (Å²) in [5, 5.41) is 0. The van der Waals surface area contributed by atoms with E-state index in [-0.39, 0.29) is 37.4 Å². The molecule has 3 aliphatic heterocycles. The van der Waals surface area contributed by atoms with Crippen LogP contribution in [0.4, 0.5) is 9.59 Å². The Morgan fingerprint density at radius 1 is 0.973 bits per heavy atom. The molecule has 11 nitrogen and oxygen atoms in total. The molecule has 1 aromatic rings. The molecule has 202 valence electrons. The quantitative estimate of drug-likeness (QED) is 0.415. The van der Waals surface area contributed by atoms with Gasteiger partial charge in [0.1, 0.15) is 18.2 Å². The largest absolute Gasteiger partial charge is 0.468 e. The number of hydrogen-bond acceptors (Lipinski definition) is 8. The lowest BCUT2D eigenvalue weighted by Crippen LogP contribution is -2.54. The number of amides is 3. The van der Waals surface area contributed by atoms with Crippen LogP contribution in [0.2, 0.25) is 0 Å². The molecule has 0 spiro atoms. The van der Waals surface area contributed by atoms with Crippen LogP contribution in [0, 0.1) is 0 Å². The Balaban J connectivity index is 1.37. The van der Waals surface area contributed by atoms with Gasteiger partial charge in [0.05, 0.1) is 19.7 Å². The monoisotopic (exact) mass is 516 g/mol. The molecule has 3 saturated heterocycles. The normalized spacial score (nSPS) is 24.2.